The van der Waals surface area contributed by atoms with Crippen molar-refractivity contribution in [2.45, 2.75) is 12.1 Å². The van der Waals surface area contributed by atoms with Gasteiger partial charge < -0.3 is 20.5 Å². The van der Waals surface area contributed by atoms with E-state index in [0.29, 0.717) is 18.2 Å². The maximum absolute atomic E-state index is 9.99. The first-order valence-corrected chi connectivity index (χ1v) is 8.46. The predicted octanol–water partition coefficient (Wildman–Crippen LogP) is 0.747. The lowest BCUT2D eigenvalue weighted by atomic mass is 10.1. The molecule has 2 fully saturated rings. The summed E-state index contributed by atoms with van der Waals surface area (Å²) < 4.78 is 5.36. The molecule has 0 amide bonds. The van der Waals surface area contributed by atoms with E-state index in [4.69, 9.17) is 22.1 Å². The van der Waals surface area contributed by atoms with Crippen LogP contribution in [0.2, 0.25) is 5.02 Å². The Bertz CT molecular complexity index is 751. The Morgan fingerprint density at radius 1 is 1.21 bits per heavy atom. The molecule has 8 heteroatoms. The van der Waals surface area contributed by atoms with Crippen LogP contribution in [0.5, 0.6) is 0 Å². The summed E-state index contributed by atoms with van der Waals surface area (Å²) in [7, 11) is 0. The van der Waals surface area contributed by atoms with Crippen molar-refractivity contribution < 1.29 is 9.84 Å². The maximum Gasteiger partial charge on any atom is 0.220 e. The van der Waals surface area contributed by atoms with Gasteiger partial charge in [0.25, 0.3) is 0 Å². The van der Waals surface area contributed by atoms with E-state index in [0.717, 1.165) is 42.8 Å². The third-order valence-electron chi connectivity index (χ3n) is 4.81. The van der Waals surface area contributed by atoms with Gasteiger partial charge in [0.2, 0.25) is 5.95 Å². The molecule has 128 valence electrons. The van der Waals surface area contributed by atoms with Crippen LogP contribution >= 0.6 is 11.6 Å². The fraction of sp³-hybridized carbons (Fsp3) is 0.500. The molecule has 1 aromatic heterocycles. The highest BCUT2D eigenvalue weighted by molar-refractivity contribution is 6.34. The van der Waals surface area contributed by atoms with Crippen LogP contribution in [0.25, 0.3) is 10.9 Å². The van der Waals surface area contributed by atoms with Gasteiger partial charge in [-0.3, -0.25) is 4.90 Å². The molecule has 0 aliphatic carbocycles. The van der Waals surface area contributed by atoms with Gasteiger partial charge in [-0.25, -0.2) is 9.97 Å². The number of nitrogens with two attached hydrogens (primary N) is 1. The monoisotopic (exact) mass is 349 g/mol. The van der Waals surface area contributed by atoms with Gasteiger partial charge in [0.15, 0.2) is 0 Å². The minimum atomic E-state index is -0.388. The molecule has 2 aliphatic rings. The van der Waals surface area contributed by atoms with Gasteiger partial charge in [0, 0.05) is 37.8 Å². The number of piperazine rings is 1. The molecule has 2 aromatic rings. The lowest BCUT2D eigenvalue weighted by molar-refractivity contribution is 0.0785. The molecule has 2 saturated heterocycles. The minimum absolute atomic E-state index is 0.103. The Morgan fingerprint density at radius 3 is 2.71 bits per heavy atom. The lowest BCUT2D eigenvalue weighted by Crippen LogP contribution is -2.53. The fourth-order valence-electron chi connectivity index (χ4n) is 3.47. The van der Waals surface area contributed by atoms with Crippen LogP contribution in [0.4, 0.5) is 11.6 Å². The van der Waals surface area contributed by atoms with Crippen LogP contribution in [-0.2, 0) is 4.74 Å². The van der Waals surface area contributed by atoms with Crippen LogP contribution in [0.3, 0.4) is 0 Å². The molecule has 1 aromatic carbocycles. The third-order valence-corrected chi connectivity index (χ3v) is 5.12. The standard InChI is InChI=1S/C16H20ClN5O2/c17-11-5-10-7-19-16(18)20-12(10)6-13(11)21-1-3-22(4-2-21)14-8-24-9-15(14)23/h5-7,14-15,23H,1-4,8-9H2,(H2,18,19,20). The molecule has 0 bridgehead atoms. The zero-order valence-electron chi connectivity index (χ0n) is 13.2. The molecule has 7 nitrogen and oxygen atoms in total. The van der Waals surface area contributed by atoms with Crippen LogP contribution in [0, 0.1) is 0 Å². The predicted molar refractivity (Wildman–Crippen MR) is 93.4 cm³/mol. The SMILES string of the molecule is Nc1ncc2cc(Cl)c(N3CCN(C4COCC4O)CC3)cc2n1. The topological polar surface area (TPSA) is 87.7 Å². The van der Waals surface area contributed by atoms with E-state index in [1.54, 1.807) is 6.20 Å². The van der Waals surface area contributed by atoms with Crippen molar-refractivity contribution in [1.29, 1.82) is 0 Å². The number of rotatable bonds is 2. The smallest absolute Gasteiger partial charge is 0.220 e. The van der Waals surface area contributed by atoms with E-state index in [1.165, 1.54) is 0 Å². The summed E-state index contributed by atoms with van der Waals surface area (Å²) in [4.78, 5) is 12.8. The first-order chi connectivity index (χ1) is 11.6. The number of hydrogen-bond donors (Lipinski definition) is 2. The Balaban J connectivity index is 1.52. The molecule has 2 atom stereocenters. The number of hydrogen-bond acceptors (Lipinski definition) is 7. The highest BCUT2D eigenvalue weighted by atomic mass is 35.5. The molecule has 2 aliphatic heterocycles. The Morgan fingerprint density at radius 2 is 2.00 bits per heavy atom. The van der Waals surface area contributed by atoms with Gasteiger partial charge in [-0.2, -0.15) is 0 Å². The first kappa shape index (κ1) is 15.8. The molecular formula is C16H20ClN5O2. The number of ether oxygens (including phenoxy) is 1. The molecule has 0 spiro atoms. The van der Waals surface area contributed by atoms with E-state index in [1.807, 2.05) is 12.1 Å². The van der Waals surface area contributed by atoms with Crippen molar-refractivity contribution in [2.75, 3.05) is 50.0 Å². The normalized spacial score (nSPS) is 25.5. The molecule has 0 saturated carbocycles. The summed E-state index contributed by atoms with van der Waals surface area (Å²) in [5.41, 5.74) is 7.44. The summed E-state index contributed by atoms with van der Waals surface area (Å²) in [6.45, 7) is 4.46. The van der Waals surface area contributed by atoms with Crippen LogP contribution in [-0.4, -0.2) is 71.5 Å². The second-order valence-electron chi connectivity index (χ2n) is 6.29. The van der Waals surface area contributed by atoms with Gasteiger partial charge in [0.05, 0.1) is 41.6 Å². The lowest BCUT2D eigenvalue weighted by Gasteiger charge is -2.39. The number of halogens is 1. The van der Waals surface area contributed by atoms with Crippen molar-refractivity contribution >= 4 is 34.1 Å². The number of aliphatic hydroxyl groups excluding tert-OH is 1. The van der Waals surface area contributed by atoms with E-state index in [2.05, 4.69) is 19.8 Å². The van der Waals surface area contributed by atoms with Gasteiger partial charge in [0.1, 0.15) is 0 Å². The fourth-order valence-corrected chi connectivity index (χ4v) is 3.76. The summed E-state index contributed by atoms with van der Waals surface area (Å²) >= 11 is 6.46. The second kappa shape index (κ2) is 6.33. The Kier molecular flexibility index (Phi) is 4.17. The van der Waals surface area contributed by atoms with Crippen molar-refractivity contribution in [3.05, 3.63) is 23.4 Å². The average Bonchev–Trinajstić information content (AvgIpc) is 3.01. The molecule has 4 rings (SSSR count). The number of aromatic nitrogens is 2. The largest absolute Gasteiger partial charge is 0.389 e. The van der Waals surface area contributed by atoms with Gasteiger partial charge in [-0.15, -0.1) is 0 Å². The number of nitrogens with zero attached hydrogens (tertiary/aromatic N) is 4. The Hall–Kier alpha value is -1.67. The highest BCUT2D eigenvalue weighted by Gasteiger charge is 2.33. The third kappa shape index (κ3) is 2.88. The molecule has 0 radical (unpaired) electrons. The van der Waals surface area contributed by atoms with Gasteiger partial charge in [-0.1, -0.05) is 11.6 Å². The Labute approximate surface area is 145 Å². The number of anilines is 2. The van der Waals surface area contributed by atoms with Crippen LogP contribution in [0.1, 0.15) is 0 Å². The van der Waals surface area contributed by atoms with E-state index in [-0.39, 0.29) is 18.1 Å². The molecule has 24 heavy (non-hydrogen) atoms. The number of aliphatic hydroxyl groups is 1. The first-order valence-electron chi connectivity index (χ1n) is 8.08. The van der Waals surface area contributed by atoms with Crippen molar-refractivity contribution in [2.24, 2.45) is 0 Å². The van der Waals surface area contributed by atoms with Gasteiger partial charge in [-0.05, 0) is 12.1 Å². The summed E-state index contributed by atoms with van der Waals surface area (Å²) in [5.74, 6) is 0.260. The molecule has 3 heterocycles. The van der Waals surface area contributed by atoms with Crippen LogP contribution < -0.4 is 10.6 Å². The zero-order chi connectivity index (χ0) is 16.7. The summed E-state index contributed by atoms with van der Waals surface area (Å²) in [5, 5.41) is 11.6. The van der Waals surface area contributed by atoms with E-state index >= 15 is 0 Å². The van der Waals surface area contributed by atoms with Crippen molar-refractivity contribution in [3.8, 4) is 0 Å². The number of fused-ring (bicyclic) bond motifs is 1. The maximum atomic E-state index is 9.99. The van der Waals surface area contributed by atoms with Crippen molar-refractivity contribution in [3.63, 3.8) is 0 Å². The second-order valence-corrected chi connectivity index (χ2v) is 6.69. The summed E-state index contributed by atoms with van der Waals surface area (Å²) in [6, 6.07) is 3.96. The molecular weight excluding hydrogens is 330 g/mol. The van der Waals surface area contributed by atoms with Crippen LogP contribution in [0.15, 0.2) is 18.3 Å². The zero-order valence-corrected chi connectivity index (χ0v) is 14.0. The highest BCUT2D eigenvalue weighted by Crippen LogP contribution is 2.31. The van der Waals surface area contributed by atoms with Gasteiger partial charge >= 0.3 is 0 Å². The minimum Gasteiger partial charge on any atom is -0.389 e. The summed E-state index contributed by atoms with van der Waals surface area (Å²) in [6.07, 6.45) is 1.30. The molecule has 2 unspecified atom stereocenters. The quantitative estimate of drug-likeness (QED) is 0.827. The number of benzene rings is 1. The average molecular weight is 350 g/mol. The van der Waals surface area contributed by atoms with E-state index in [9.17, 15) is 5.11 Å². The van der Waals surface area contributed by atoms with Crippen molar-refractivity contribution in [1.82, 2.24) is 14.9 Å². The van der Waals surface area contributed by atoms with E-state index < -0.39 is 0 Å². The number of nitrogen functional groups attached to an aromatic ring is 1. The molecule has 3 N–H and O–H groups in total.